The molecule has 18 heavy (non-hydrogen) atoms. The average molecular weight is 270 g/mol. The first-order valence-corrected chi connectivity index (χ1v) is 9.01. The predicted octanol–water partition coefficient (Wildman–Crippen LogP) is 3.13. The molecule has 3 heteroatoms. The Balaban J connectivity index is 1.79. The van der Waals surface area contributed by atoms with E-state index in [0.717, 1.165) is 12.6 Å². The Morgan fingerprint density at radius 3 is 2.39 bits per heavy atom. The van der Waals surface area contributed by atoms with Gasteiger partial charge in [0.25, 0.3) is 0 Å². The van der Waals surface area contributed by atoms with Gasteiger partial charge in [0.05, 0.1) is 0 Å². The number of hydrogen-bond acceptors (Lipinski definition) is 3. The van der Waals surface area contributed by atoms with Crippen molar-refractivity contribution >= 4 is 11.8 Å². The van der Waals surface area contributed by atoms with E-state index in [1.54, 1.807) is 0 Å². The van der Waals surface area contributed by atoms with Gasteiger partial charge in [-0.1, -0.05) is 26.2 Å². The van der Waals surface area contributed by atoms with Crippen LogP contribution in [0.5, 0.6) is 0 Å². The van der Waals surface area contributed by atoms with Crippen molar-refractivity contribution < 1.29 is 0 Å². The van der Waals surface area contributed by atoms with Crippen molar-refractivity contribution in [2.45, 2.75) is 62.7 Å². The summed E-state index contributed by atoms with van der Waals surface area (Å²) in [6.07, 6.45) is 12.3. The summed E-state index contributed by atoms with van der Waals surface area (Å²) in [6.45, 7) is 7.30. The highest BCUT2D eigenvalue weighted by Crippen LogP contribution is 2.39. The molecule has 0 unspecified atom stereocenters. The fourth-order valence-corrected chi connectivity index (χ4v) is 4.62. The maximum Gasteiger partial charge on any atom is 0.0284 e. The van der Waals surface area contributed by atoms with Gasteiger partial charge in [-0.25, -0.2) is 0 Å². The van der Waals surface area contributed by atoms with Crippen molar-refractivity contribution in [2.75, 3.05) is 32.4 Å². The van der Waals surface area contributed by atoms with Gasteiger partial charge in [-0.3, -0.25) is 0 Å². The molecular formula is C15H30N2S. The van der Waals surface area contributed by atoms with Gasteiger partial charge >= 0.3 is 0 Å². The minimum atomic E-state index is 0.587. The normalized spacial score (nSPS) is 26.3. The number of thioether (sulfide) groups is 1. The van der Waals surface area contributed by atoms with Crippen molar-refractivity contribution in [2.24, 2.45) is 0 Å². The van der Waals surface area contributed by atoms with Crippen LogP contribution in [0, 0.1) is 0 Å². The van der Waals surface area contributed by atoms with E-state index in [1.165, 1.54) is 64.6 Å². The molecule has 1 heterocycles. The Morgan fingerprint density at radius 1 is 1.17 bits per heavy atom. The van der Waals surface area contributed by atoms with Crippen molar-refractivity contribution in [3.8, 4) is 0 Å². The molecule has 1 aliphatic heterocycles. The van der Waals surface area contributed by atoms with E-state index >= 15 is 0 Å². The van der Waals surface area contributed by atoms with Crippen LogP contribution in [0.2, 0.25) is 0 Å². The van der Waals surface area contributed by atoms with Crippen LogP contribution in [-0.4, -0.2) is 48.1 Å². The number of hydrogen-bond donors (Lipinski definition) is 1. The summed E-state index contributed by atoms with van der Waals surface area (Å²) in [5.74, 6) is 0. The summed E-state index contributed by atoms with van der Waals surface area (Å²) < 4.78 is 0.587. The Bertz CT molecular complexity index is 231. The van der Waals surface area contributed by atoms with Crippen molar-refractivity contribution in [1.82, 2.24) is 10.2 Å². The highest BCUT2D eigenvalue weighted by Gasteiger charge is 2.34. The van der Waals surface area contributed by atoms with E-state index in [9.17, 15) is 0 Å². The van der Waals surface area contributed by atoms with Crippen LogP contribution < -0.4 is 5.32 Å². The molecule has 1 saturated carbocycles. The van der Waals surface area contributed by atoms with Crippen molar-refractivity contribution in [3.05, 3.63) is 0 Å². The Morgan fingerprint density at radius 2 is 1.83 bits per heavy atom. The molecule has 2 fully saturated rings. The Kier molecular flexibility index (Phi) is 5.84. The molecule has 2 aliphatic rings. The summed E-state index contributed by atoms with van der Waals surface area (Å²) in [4.78, 5) is 2.73. The molecule has 0 atom stereocenters. The third-order valence-corrected chi connectivity index (χ3v) is 6.19. The van der Waals surface area contributed by atoms with Gasteiger partial charge < -0.3 is 10.2 Å². The zero-order valence-electron chi connectivity index (χ0n) is 12.2. The number of nitrogens with one attached hydrogen (secondary N) is 1. The quantitative estimate of drug-likeness (QED) is 0.826. The molecule has 1 aliphatic carbocycles. The summed E-state index contributed by atoms with van der Waals surface area (Å²) in [7, 11) is 0. The van der Waals surface area contributed by atoms with Crippen LogP contribution in [0.25, 0.3) is 0 Å². The summed E-state index contributed by atoms with van der Waals surface area (Å²) in [5, 5.41) is 3.60. The fourth-order valence-electron chi connectivity index (χ4n) is 3.61. The number of rotatable bonds is 5. The van der Waals surface area contributed by atoms with Gasteiger partial charge in [0, 0.05) is 17.3 Å². The average Bonchev–Trinajstić information content (AvgIpc) is 2.42. The highest BCUT2D eigenvalue weighted by atomic mass is 32.2. The fraction of sp³-hybridized carbons (Fsp3) is 1.00. The monoisotopic (exact) mass is 270 g/mol. The Labute approximate surface area is 117 Å². The third kappa shape index (κ3) is 3.88. The smallest absolute Gasteiger partial charge is 0.0284 e. The molecule has 0 aromatic carbocycles. The summed E-state index contributed by atoms with van der Waals surface area (Å²) >= 11 is 2.14. The zero-order valence-corrected chi connectivity index (χ0v) is 13.0. The van der Waals surface area contributed by atoms with Gasteiger partial charge in [-0.2, -0.15) is 11.8 Å². The lowest BCUT2D eigenvalue weighted by molar-refractivity contribution is 0.169. The molecule has 0 spiro atoms. The maximum atomic E-state index is 3.60. The SMILES string of the molecule is CCNC1CCN(CC2(SC)CCCCC2)CC1. The molecular weight excluding hydrogens is 240 g/mol. The molecule has 0 aromatic rings. The van der Waals surface area contributed by atoms with Gasteiger partial charge in [-0.15, -0.1) is 0 Å². The minimum absolute atomic E-state index is 0.587. The second-order valence-electron chi connectivity index (χ2n) is 6.06. The molecule has 1 N–H and O–H groups in total. The largest absolute Gasteiger partial charge is 0.314 e. The van der Waals surface area contributed by atoms with Crippen LogP contribution >= 0.6 is 11.8 Å². The summed E-state index contributed by atoms with van der Waals surface area (Å²) in [5.41, 5.74) is 0. The van der Waals surface area contributed by atoms with Crippen LogP contribution in [0.15, 0.2) is 0 Å². The lowest BCUT2D eigenvalue weighted by Crippen LogP contribution is -2.48. The van der Waals surface area contributed by atoms with E-state index in [2.05, 4.69) is 35.2 Å². The van der Waals surface area contributed by atoms with Crippen LogP contribution in [-0.2, 0) is 0 Å². The molecule has 2 rings (SSSR count). The van der Waals surface area contributed by atoms with Gasteiger partial charge in [0.15, 0.2) is 0 Å². The van der Waals surface area contributed by atoms with Crippen molar-refractivity contribution in [3.63, 3.8) is 0 Å². The van der Waals surface area contributed by atoms with Gasteiger partial charge in [0.1, 0.15) is 0 Å². The van der Waals surface area contributed by atoms with E-state index in [-0.39, 0.29) is 0 Å². The number of piperidine rings is 1. The minimum Gasteiger partial charge on any atom is -0.314 e. The van der Waals surface area contributed by atoms with E-state index in [4.69, 9.17) is 0 Å². The lowest BCUT2D eigenvalue weighted by Gasteiger charge is -2.42. The van der Waals surface area contributed by atoms with Crippen LogP contribution in [0.1, 0.15) is 51.9 Å². The topological polar surface area (TPSA) is 15.3 Å². The molecule has 0 amide bonds. The third-order valence-electron chi connectivity index (χ3n) is 4.79. The maximum absolute atomic E-state index is 3.60. The molecule has 106 valence electrons. The lowest BCUT2D eigenvalue weighted by atomic mass is 9.87. The van der Waals surface area contributed by atoms with Crippen LogP contribution in [0.4, 0.5) is 0 Å². The first kappa shape index (κ1) is 14.7. The second-order valence-corrected chi connectivity index (χ2v) is 7.33. The summed E-state index contributed by atoms with van der Waals surface area (Å²) in [6, 6.07) is 0.780. The standard InChI is InChI=1S/C15H30N2S/c1-3-16-14-7-11-17(12-8-14)13-15(18-2)9-5-4-6-10-15/h14,16H,3-13H2,1-2H3. The van der Waals surface area contributed by atoms with E-state index in [1.807, 2.05) is 0 Å². The predicted molar refractivity (Wildman–Crippen MR) is 82.5 cm³/mol. The van der Waals surface area contributed by atoms with E-state index in [0.29, 0.717) is 4.75 Å². The second kappa shape index (κ2) is 7.16. The number of likely N-dealkylation sites (tertiary alicyclic amines) is 1. The first-order valence-electron chi connectivity index (χ1n) is 7.79. The molecule has 2 nitrogen and oxygen atoms in total. The molecule has 0 bridgehead atoms. The number of nitrogens with zero attached hydrogens (tertiary/aromatic N) is 1. The van der Waals surface area contributed by atoms with Gasteiger partial charge in [0.2, 0.25) is 0 Å². The Hall–Kier alpha value is 0.270. The molecule has 0 aromatic heterocycles. The highest BCUT2D eigenvalue weighted by molar-refractivity contribution is 8.00. The zero-order chi connectivity index (χ0) is 12.8. The molecule has 1 saturated heterocycles. The molecule has 0 radical (unpaired) electrons. The van der Waals surface area contributed by atoms with Crippen molar-refractivity contribution in [1.29, 1.82) is 0 Å². The van der Waals surface area contributed by atoms with Gasteiger partial charge in [-0.05, 0) is 51.6 Å². The first-order chi connectivity index (χ1) is 8.78. The van der Waals surface area contributed by atoms with Crippen LogP contribution in [0.3, 0.4) is 0 Å². The van der Waals surface area contributed by atoms with E-state index < -0.39 is 0 Å².